The van der Waals surface area contributed by atoms with Gasteiger partial charge in [0.1, 0.15) is 5.75 Å². The molecule has 0 saturated carbocycles. The van der Waals surface area contributed by atoms with E-state index in [1.165, 1.54) is 0 Å². The highest BCUT2D eigenvalue weighted by Gasteiger charge is 2.16. The minimum atomic E-state index is -0.231. The van der Waals surface area contributed by atoms with E-state index in [1.807, 2.05) is 26.0 Å². The van der Waals surface area contributed by atoms with Crippen LogP contribution in [-0.4, -0.2) is 38.9 Å². The summed E-state index contributed by atoms with van der Waals surface area (Å²) in [5.41, 5.74) is 0.925. The van der Waals surface area contributed by atoms with Crippen LogP contribution in [-0.2, 0) is 11.3 Å². The molecule has 0 bridgehead atoms. The molecule has 22 heavy (non-hydrogen) atoms. The van der Waals surface area contributed by atoms with Crippen molar-refractivity contribution >= 4 is 5.96 Å². The molecule has 0 unspecified atom stereocenters. The summed E-state index contributed by atoms with van der Waals surface area (Å²) >= 11 is 0. The molecule has 0 saturated heterocycles. The van der Waals surface area contributed by atoms with Gasteiger partial charge in [-0.1, -0.05) is 19.1 Å². The summed E-state index contributed by atoms with van der Waals surface area (Å²) in [6.45, 7) is 8.28. The molecule has 0 atom stereocenters. The normalized spacial score (nSPS) is 12.1. The molecule has 0 radical (unpaired) electrons. The Morgan fingerprint density at radius 1 is 1.27 bits per heavy atom. The molecule has 5 heteroatoms. The zero-order chi connectivity index (χ0) is 16.4. The molecule has 0 spiro atoms. The van der Waals surface area contributed by atoms with E-state index in [9.17, 15) is 0 Å². The quantitative estimate of drug-likeness (QED) is 0.572. The van der Waals surface area contributed by atoms with Crippen LogP contribution in [0.1, 0.15) is 32.8 Å². The van der Waals surface area contributed by atoms with Crippen LogP contribution < -0.4 is 15.4 Å². The van der Waals surface area contributed by atoms with Crippen LogP contribution in [0.4, 0.5) is 0 Å². The number of guanidine groups is 1. The molecule has 124 valence electrons. The largest absolute Gasteiger partial charge is 0.494 e. The lowest BCUT2D eigenvalue weighted by molar-refractivity contribution is 0.0268. The SMILES string of the molecule is CCCOc1cccc(CNC(=NC)NCC(C)(C)OC)c1. The van der Waals surface area contributed by atoms with Gasteiger partial charge in [0, 0.05) is 27.2 Å². The van der Waals surface area contributed by atoms with Gasteiger partial charge in [-0.2, -0.15) is 0 Å². The Bertz CT molecular complexity index is 473. The van der Waals surface area contributed by atoms with Crippen molar-refractivity contribution in [3.8, 4) is 5.75 Å². The zero-order valence-electron chi connectivity index (χ0n) is 14.4. The van der Waals surface area contributed by atoms with Crippen molar-refractivity contribution in [3.05, 3.63) is 29.8 Å². The Kier molecular flexibility index (Phi) is 7.74. The number of nitrogens with one attached hydrogen (secondary N) is 2. The van der Waals surface area contributed by atoms with Gasteiger partial charge in [-0.25, -0.2) is 0 Å². The van der Waals surface area contributed by atoms with Gasteiger partial charge in [-0.3, -0.25) is 4.99 Å². The number of rotatable bonds is 8. The Morgan fingerprint density at radius 3 is 2.68 bits per heavy atom. The van der Waals surface area contributed by atoms with Crippen molar-refractivity contribution < 1.29 is 9.47 Å². The summed E-state index contributed by atoms with van der Waals surface area (Å²) in [7, 11) is 3.47. The van der Waals surface area contributed by atoms with Crippen molar-refractivity contribution in [2.24, 2.45) is 4.99 Å². The maximum Gasteiger partial charge on any atom is 0.191 e. The summed E-state index contributed by atoms with van der Waals surface area (Å²) in [5.74, 6) is 1.66. The molecular formula is C17H29N3O2. The van der Waals surface area contributed by atoms with Gasteiger partial charge < -0.3 is 20.1 Å². The van der Waals surface area contributed by atoms with E-state index < -0.39 is 0 Å². The molecule has 0 aliphatic heterocycles. The number of methoxy groups -OCH3 is 1. The molecule has 0 heterocycles. The summed E-state index contributed by atoms with van der Waals surface area (Å²) in [4.78, 5) is 4.22. The Labute approximate surface area is 134 Å². The van der Waals surface area contributed by atoms with Gasteiger partial charge in [0.15, 0.2) is 5.96 Å². The second-order valence-electron chi connectivity index (χ2n) is 5.74. The first-order chi connectivity index (χ1) is 10.5. The molecule has 0 amide bonds. The highest BCUT2D eigenvalue weighted by Crippen LogP contribution is 2.13. The topological polar surface area (TPSA) is 54.9 Å². The number of hydrogen-bond acceptors (Lipinski definition) is 3. The van der Waals surface area contributed by atoms with Gasteiger partial charge >= 0.3 is 0 Å². The first kappa shape index (κ1) is 18.3. The van der Waals surface area contributed by atoms with Crippen LogP contribution in [0.15, 0.2) is 29.3 Å². The highest BCUT2D eigenvalue weighted by molar-refractivity contribution is 5.79. The lowest BCUT2D eigenvalue weighted by Crippen LogP contribution is -2.45. The number of hydrogen-bond donors (Lipinski definition) is 2. The van der Waals surface area contributed by atoms with E-state index in [0.717, 1.165) is 30.3 Å². The highest BCUT2D eigenvalue weighted by atomic mass is 16.5. The molecule has 1 aromatic carbocycles. The van der Waals surface area contributed by atoms with Crippen LogP contribution in [0.5, 0.6) is 5.75 Å². The zero-order valence-corrected chi connectivity index (χ0v) is 14.4. The molecule has 2 N–H and O–H groups in total. The summed E-state index contributed by atoms with van der Waals surface area (Å²) < 4.78 is 11.0. The number of aliphatic imine (C=N–C) groups is 1. The third-order valence-corrected chi connectivity index (χ3v) is 3.29. The summed E-state index contributed by atoms with van der Waals surface area (Å²) in [6, 6.07) is 8.10. The Morgan fingerprint density at radius 2 is 2.05 bits per heavy atom. The number of benzene rings is 1. The van der Waals surface area contributed by atoms with E-state index in [1.54, 1.807) is 14.2 Å². The van der Waals surface area contributed by atoms with Gasteiger partial charge in [0.05, 0.1) is 12.2 Å². The van der Waals surface area contributed by atoms with Gasteiger partial charge in [-0.15, -0.1) is 0 Å². The minimum absolute atomic E-state index is 0.231. The fourth-order valence-electron chi connectivity index (χ4n) is 1.74. The van der Waals surface area contributed by atoms with Crippen molar-refractivity contribution in [1.82, 2.24) is 10.6 Å². The molecule has 0 aliphatic carbocycles. The van der Waals surface area contributed by atoms with Crippen molar-refractivity contribution in [1.29, 1.82) is 0 Å². The lowest BCUT2D eigenvalue weighted by Gasteiger charge is -2.24. The second-order valence-corrected chi connectivity index (χ2v) is 5.74. The van der Waals surface area contributed by atoms with Crippen molar-refractivity contribution in [2.75, 3.05) is 27.3 Å². The minimum Gasteiger partial charge on any atom is -0.494 e. The van der Waals surface area contributed by atoms with Crippen LogP contribution >= 0.6 is 0 Å². The van der Waals surface area contributed by atoms with Crippen LogP contribution in [0.3, 0.4) is 0 Å². The molecule has 1 aromatic rings. The maximum absolute atomic E-state index is 5.65. The smallest absolute Gasteiger partial charge is 0.191 e. The monoisotopic (exact) mass is 307 g/mol. The number of ether oxygens (including phenoxy) is 2. The number of nitrogens with zero attached hydrogens (tertiary/aromatic N) is 1. The predicted octanol–water partition coefficient (Wildman–Crippen LogP) is 2.57. The van der Waals surface area contributed by atoms with E-state index >= 15 is 0 Å². The Balaban J connectivity index is 2.49. The van der Waals surface area contributed by atoms with Gasteiger partial charge in [0.25, 0.3) is 0 Å². The van der Waals surface area contributed by atoms with E-state index in [4.69, 9.17) is 9.47 Å². The third kappa shape index (κ3) is 6.80. The van der Waals surface area contributed by atoms with Gasteiger partial charge in [0.2, 0.25) is 0 Å². The average molecular weight is 307 g/mol. The second kappa shape index (κ2) is 9.30. The maximum atomic E-state index is 5.65. The van der Waals surface area contributed by atoms with Gasteiger partial charge in [-0.05, 0) is 38.0 Å². The molecule has 1 rings (SSSR count). The fraction of sp³-hybridized carbons (Fsp3) is 0.588. The standard InChI is InChI=1S/C17H29N3O2/c1-6-10-22-15-9-7-8-14(11-15)12-19-16(18-4)20-13-17(2,3)21-5/h7-9,11H,6,10,12-13H2,1-5H3,(H2,18,19,20). The van der Waals surface area contributed by atoms with Crippen molar-refractivity contribution in [3.63, 3.8) is 0 Å². The lowest BCUT2D eigenvalue weighted by atomic mass is 10.1. The van der Waals surface area contributed by atoms with E-state index in [0.29, 0.717) is 13.1 Å². The molecular weight excluding hydrogens is 278 g/mol. The van der Waals surface area contributed by atoms with E-state index in [-0.39, 0.29) is 5.60 Å². The van der Waals surface area contributed by atoms with E-state index in [2.05, 4.69) is 34.7 Å². The van der Waals surface area contributed by atoms with Crippen LogP contribution in [0, 0.1) is 0 Å². The summed E-state index contributed by atoms with van der Waals surface area (Å²) in [6.07, 6.45) is 1.01. The first-order valence-corrected chi connectivity index (χ1v) is 7.72. The molecule has 5 nitrogen and oxygen atoms in total. The predicted molar refractivity (Wildman–Crippen MR) is 91.5 cm³/mol. The molecule has 0 aliphatic rings. The first-order valence-electron chi connectivity index (χ1n) is 7.72. The van der Waals surface area contributed by atoms with Crippen molar-refractivity contribution in [2.45, 2.75) is 39.3 Å². The average Bonchev–Trinajstić information content (AvgIpc) is 2.53. The third-order valence-electron chi connectivity index (χ3n) is 3.29. The van der Waals surface area contributed by atoms with Crippen LogP contribution in [0.25, 0.3) is 0 Å². The van der Waals surface area contributed by atoms with Crippen LogP contribution in [0.2, 0.25) is 0 Å². The molecule has 0 fully saturated rings. The summed E-state index contributed by atoms with van der Waals surface area (Å²) in [5, 5.41) is 6.56. The fourth-order valence-corrected chi connectivity index (χ4v) is 1.74. The Hall–Kier alpha value is -1.75. The molecule has 0 aromatic heterocycles.